The minimum atomic E-state index is -0.0856. The Balaban J connectivity index is 1.91. The molecule has 0 radical (unpaired) electrons. The van der Waals surface area contributed by atoms with Gasteiger partial charge < -0.3 is 19.9 Å². The van der Waals surface area contributed by atoms with Gasteiger partial charge in [0.15, 0.2) is 0 Å². The zero-order valence-electron chi connectivity index (χ0n) is 12.0. The van der Waals surface area contributed by atoms with Crippen LogP contribution in [0, 0.1) is 5.92 Å². The first-order chi connectivity index (χ1) is 9.04. The fraction of sp³-hybridized carbons (Fsp3) is 0.846. The standard InChI is InChI=1S/C13H24N4O2/c1-9(2)6-10(14)7-12-15-13(16-19-12)11-8-17(3)4-5-18-11/h9-11H,4-8,14H2,1-3H3. The molecule has 1 aromatic rings. The van der Waals surface area contributed by atoms with Crippen LogP contribution in [0.1, 0.15) is 38.1 Å². The van der Waals surface area contributed by atoms with Gasteiger partial charge >= 0.3 is 0 Å². The van der Waals surface area contributed by atoms with E-state index in [1.807, 2.05) is 0 Å². The molecule has 0 amide bonds. The van der Waals surface area contributed by atoms with Gasteiger partial charge in [-0.25, -0.2) is 0 Å². The summed E-state index contributed by atoms with van der Waals surface area (Å²) in [6.45, 7) is 6.77. The average molecular weight is 268 g/mol. The minimum absolute atomic E-state index is 0.0725. The first-order valence-corrected chi connectivity index (χ1v) is 6.92. The fourth-order valence-corrected chi connectivity index (χ4v) is 2.33. The maximum Gasteiger partial charge on any atom is 0.228 e. The van der Waals surface area contributed by atoms with Crippen LogP contribution < -0.4 is 5.73 Å². The van der Waals surface area contributed by atoms with Crippen molar-refractivity contribution in [2.75, 3.05) is 26.7 Å². The van der Waals surface area contributed by atoms with Gasteiger partial charge in [0.1, 0.15) is 6.10 Å². The van der Waals surface area contributed by atoms with Crippen LogP contribution in [0.2, 0.25) is 0 Å². The predicted octanol–water partition coefficient (Wildman–Crippen LogP) is 0.989. The highest BCUT2D eigenvalue weighted by Gasteiger charge is 2.24. The number of rotatable bonds is 5. The normalized spacial score (nSPS) is 22.9. The van der Waals surface area contributed by atoms with Gasteiger partial charge in [0, 0.05) is 25.6 Å². The van der Waals surface area contributed by atoms with E-state index in [-0.39, 0.29) is 12.1 Å². The van der Waals surface area contributed by atoms with Crippen molar-refractivity contribution in [2.45, 2.75) is 38.8 Å². The second-order valence-electron chi connectivity index (χ2n) is 5.76. The van der Waals surface area contributed by atoms with Gasteiger partial charge in [-0.2, -0.15) is 4.98 Å². The second kappa shape index (κ2) is 6.45. The van der Waals surface area contributed by atoms with Crippen LogP contribution in [-0.2, 0) is 11.2 Å². The van der Waals surface area contributed by atoms with Crippen LogP contribution >= 0.6 is 0 Å². The topological polar surface area (TPSA) is 77.4 Å². The lowest BCUT2D eigenvalue weighted by molar-refractivity contribution is -0.0264. The van der Waals surface area contributed by atoms with Gasteiger partial charge in [0.05, 0.1) is 6.61 Å². The lowest BCUT2D eigenvalue weighted by Gasteiger charge is -2.27. The van der Waals surface area contributed by atoms with E-state index in [0.29, 0.717) is 30.7 Å². The van der Waals surface area contributed by atoms with E-state index in [9.17, 15) is 0 Å². The van der Waals surface area contributed by atoms with Crippen molar-refractivity contribution in [2.24, 2.45) is 11.7 Å². The largest absolute Gasteiger partial charge is 0.367 e. The zero-order chi connectivity index (χ0) is 13.8. The van der Waals surface area contributed by atoms with E-state index in [4.69, 9.17) is 15.0 Å². The summed E-state index contributed by atoms with van der Waals surface area (Å²) in [5.74, 6) is 1.82. The molecule has 19 heavy (non-hydrogen) atoms. The monoisotopic (exact) mass is 268 g/mol. The number of nitrogens with two attached hydrogens (primary N) is 1. The van der Waals surface area contributed by atoms with Gasteiger partial charge in [-0.05, 0) is 19.4 Å². The molecule has 6 nitrogen and oxygen atoms in total. The second-order valence-corrected chi connectivity index (χ2v) is 5.76. The average Bonchev–Trinajstić information content (AvgIpc) is 2.76. The van der Waals surface area contributed by atoms with Crippen molar-refractivity contribution >= 4 is 0 Å². The third-order valence-electron chi connectivity index (χ3n) is 3.25. The molecule has 1 saturated heterocycles. The molecule has 1 fully saturated rings. The molecule has 6 heteroatoms. The lowest BCUT2D eigenvalue weighted by Crippen LogP contribution is -2.35. The molecule has 2 atom stereocenters. The molecule has 1 aromatic heterocycles. The minimum Gasteiger partial charge on any atom is -0.367 e. The predicted molar refractivity (Wildman–Crippen MR) is 71.6 cm³/mol. The van der Waals surface area contributed by atoms with E-state index in [0.717, 1.165) is 19.5 Å². The number of nitrogens with zero attached hydrogens (tertiary/aromatic N) is 3. The summed E-state index contributed by atoms with van der Waals surface area (Å²) >= 11 is 0. The number of hydrogen-bond donors (Lipinski definition) is 1. The molecule has 2 rings (SSSR count). The van der Waals surface area contributed by atoms with E-state index in [2.05, 4.69) is 35.9 Å². The van der Waals surface area contributed by atoms with Gasteiger partial charge in [-0.1, -0.05) is 19.0 Å². The van der Waals surface area contributed by atoms with Crippen molar-refractivity contribution < 1.29 is 9.26 Å². The first-order valence-electron chi connectivity index (χ1n) is 6.92. The van der Waals surface area contributed by atoms with Gasteiger partial charge in [-0.3, -0.25) is 0 Å². The van der Waals surface area contributed by atoms with Crippen LogP contribution in [0.4, 0.5) is 0 Å². The molecule has 0 saturated carbocycles. The van der Waals surface area contributed by atoms with Gasteiger partial charge in [0.2, 0.25) is 11.7 Å². The van der Waals surface area contributed by atoms with E-state index in [1.54, 1.807) is 0 Å². The quantitative estimate of drug-likeness (QED) is 0.858. The van der Waals surface area contributed by atoms with Crippen LogP contribution in [-0.4, -0.2) is 47.8 Å². The fourth-order valence-electron chi connectivity index (χ4n) is 2.33. The molecular weight excluding hydrogens is 244 g/mol. The number of morpholine rings is 1. The molecule has 108 valence electrons. The van der Waals surface area contributed by atoms with E-state index < -0.39 is 0 Å². The summed E-state index contributed by atoms with van der Waals surface area (Å²) in [6.07, 6.45) is 1.51. The third-order valence-corrected chi connectivity index (χ3v) is 3.25. The summed E-state index contributed by atoms with van der Waals surface area (Å²) < 4.78 is 10.9. The van der Waals surface area contributed by atoms with Gasteiger partial charge in [0.25, 0.3) is 0 Å². The molecule has 1 aliphatic heterocycles. The molecule has 0 spiro atoms. The maximum atomic E-state index is 6.05. The molecular formula is C13H24N4O2. The van der Waals surface area contributed by atoms with Crippen LogP contribution in [0.25, 0.3) is 0 Å². The molecule has 2 N–H and O–H groups in total. The number of aromatic nitrogens is 2. The Morgan fingerprint density at radius 1 is 1.47 bits per heavy atom. The Kier molecular flexibility index (Phi) is 4.90. The molecule has 2 unspecified atom stereocenters. The third kappa shape index (κ3) is 4.26. The Hall–Kier alpha value is -0.980. The van der Waals surface area contributed by atoms with Gasteiger partial charge in [-0.15, -0.1) is 0 Å². The van der Waals surface area contributed by atoms with Crippen LogP contribution in [0.5, 0.6) is 0 Å². The Morgan fingerprint density at radius 3 is 2.95 bits per heavy atom. The highest BCUT2D eigenvalue weighted by atomic mass is 16.5. The van der Waals surface area contributed by atoms with Crippen molar-refractivity contribution in [1.82, 2.24) is 15.0 Å². The number of hydrogen-bond acceptors (Lipinski definition) is 6. The summed E-state index contributed by atoms with van der Waals surface area (Å²) in [6, 6.07) is 0.0725. The van der Waals surface area contributed by atoms with Crippen molar-refractivity contribution in [3.63, 3.8) is 0 Å². The number of likely N-dealkylation sites (N-methyl/N-ethyl adjacent to an activating group) is 1. The highest BCUT2D eigenvalue weighted by Crippen LogP contribution is 2.19. The Morgan fingerprint density at radius 2 is 2.26 bits per heavy atom. The van der Waals surface area contributed by atoms with Crippen molar-refractivity contribution in [3.8, 4) is 0 Å². The Labute approximate surface area is 114 Å². The summed E-state index contributed by atoms with van der Waals surface area (Å²) in [5, 5.41) is 4.01. The van der Waals surface area contributed by atoms with Crippen molar-refractivity contribution in [1.29, 1.82) is 0 Å². The zero-order valence-corrected chi connectivity index (χ0v) is 12.0. The summed E-state index contributed by atoms with van der Waals surface area (Å²) in [4.78, 5) is 6.61. The van der Waals surface area contributed by atoms with E-state index >= 15 is 0 Å². The molecule has 0 aromatic carbocycles. The molecule has 1 aliphatic rings. The summed E-state index contributed by atoms with van der Waals surface area (Å²) in [7, 11) is 2.06. The SMILES string of the molecule is CC(C)CC(N)Cc1nc(C2CN(C)CCO2)no1. The maximum absolute atomic E-state index is 6.05. The molecule has 2 heterocycles. The molecule has 0 bridgehead atoms. The lowest BCUT2D eigenvalue weighted by atomic mass is 10.0. The van der Waals surface area contributed by atoms with Crippen LogP contribution in [0.15, 0.2) is 4.52 Å². The Bertz CT molecular complexity index is 394. The number of ether oxygens (including phenoxy) is 1. The molecule has 0 aliphatic carbocycles. The van der Waals surface area contributed by atoms with E-state index in [1.165, 1.54) is 0 Å². The first kappa shape index (κ1) is 14.4. The van der Waals surface area contributed by atoms with Crippen molar-refractivity contribution in [3.05, 3.63) is 11.7 Å². The smallest absolute Gasteiger partial charge is 0.228 e. The highest BCUT2D eigenvalue weighted by molar-refractivity contribution is 4.95. The summed E-state index contributed by atoms with van der Waals surface area (Å²) in [5.41, 5.74) is 6.05. The van der Waals surface area contributed by atoms with Crippen LogP contribution in [0.3, 0.4) is 0 Å².